The second-order valence-corrected chi connectivity index (χ2v) is 8.02. The summed E-state index contributed by atoms with van der Waals surface area (Å²) in [4.78, 5) is 2.73. The van der Waals surface area contributed by atoms with E-state index in [-0.39, 0.29) is 0 Å². The quantitative estimate of drug-likeness (QED) is 0.851. The molecule has 1 aliphatic carbocycles. The van der Waals surface area contributed by atoms with Crippen molar-refractivity contribution in [1.82, 2.24) is 9.21 Å². The van der Waals surface area contributed by atoms with Crippen LogP contribution >= 0.6 is 0 Å². The molecule has 2 aliphatic rings. The van der Waals surface area contributed by atoms with Crippen molar-refractivity contribution in [3.05, 3.63) is 23.8 Å². The Balaban J connectivity index is 1.72. The van der Waals surface area contributed by atoms with Crippen LogP contribution in [0.2, 0.25) is 0 Å². The van der Waals surface area contributed by atoms with Gasteiger partial charge in [-0.2, -0.15) is 4.31 Å². The molecule has 0 unspecified atom stereocenters. The third-order valence-electron chi connectivity index (χ3n) is 4.49. The molecule has 2 fully saturated rings. The van der Waals surface area contributed by atoms with Gasteiger partial charge in [0.2, 0.25) is 10.0 Å². The first-order chi connectivity index (χ1) is 9.98. The summed E-state index contributed by atoms with van der Waals surface area (Å²) in [6.45, 7) is 5.71. The van der Waals surface area contributed by atoms with Crippen molar-refractivity contribution in [1.29, 1.82) is 0 Å². The first-order valence-corrected chi connectivity index (χ1v) is 9.00. The molecule has 1 aliphatic heterocycles. The maximum atomic E-state index is 12.8. The van der Waals surface area contributed by atoms with Gasteiger partial charge in [-0.3, -0.25) is 0 Å². The van der Waals surface area contributed by atoms with Gasteiger partial charge in [-0.1, -0.05) is 6.07 Å². The fourth-order valence-electron chi connectivity index (χ4n) is 2.87. The molecule has 116 valence electrons. The topological polar surface area (TPSA) is 66.6 Å². The normalized spacial score (nSPS) is 21.6. The second-order valence-electron chi connectivity index (χ2n) is 6.12. The van der Waals surface area contributed by atoms with E-state index in [2.05, 4.69) is 4.90 Å². The Morgan fingerprint density at radius 1 is 1.19 bits per heavy atom. The Kier molecular flexibility index (Phi) is 3.94. The smallest absolute Gasteiger partial charge is 0.243 e. The van der Waals surface area contributed by atoms with Crippen molar-refractivity contribution in [3.63, 3.8) is 0 Å². The van der Waals surface area contributed by atoms with Gasteiger partial charge in [0.05, 0.1) is 4.90 Å². The molecule has 0 amide bonds. The van der Waals surface area contributed by atoms with Gasteiger partial charge >= 0.3 is 0 Å². The summed E-state index contributed by atoms with van der Waals surface area (Å²) >= 11 is 0. The minimum absolute atomic E-state index is 0.346. The van der Waals surface area contributed by atoms with Crippen LogP contribution in [0, 0.1) is 12.8 Å². The number of nitrogen functional groups attached to an aromatic ring is 1. The molecule has 0 bridgehead atoms. The third-order valence-corrected chi connectivity index (χ3v) is 6.53. The molecule has 0 spiro atoms. The lowest BCUT2D eigenvalue weighted by Gasteiger charge is -2.34. The molecule has 1 saturated heterocycles. The van der Waals surface area contributed by atoms with E-state index in [1.54, 1.807) is 29.4 Å². The molecule has 5 nitrogen and oxygen atoms in total. The average molecular weight is 309 g/mol. The fourth-order valence-corrected chi connectivity index (χ4v) is 4.55. The van der Waals surface area contributed by atoms with Crippen LogP contribution in [-0.2, 0) is 10.0 Å². The lowest BCUT2D eigenvalue weighted by molar-refractivity contribution is 0.182. The van der Waals surface area contributed by atoms with Gasteiger partial charge in [0.25, 0.3) is 0 Å². The molecule has 21 heavy (non-hydrogen) atoms. The van der Waals surface area contributed by atoms with Crippen molar-refractivity contribution in [3.8, 4) is 0 Å². The molecule has 3 rings (SSSR count). The van der Waals surface area contributed by atoms with Crippen molar-refractivity contribution in [2.24, 2.45) is 5.92 Å². The first-order valence-electron chi connectivity index (χ1n) is 7.56. The SMILES string of the molecule is Cc1c(N)cccc1S(=O)(=O)N1CCN(CC2CC2)CC1. The fraction of sp³-hybridized carbons (Fsp3) is 0.600. The van der Waals surface area contributed by atoms with Crippen LogP contribution in [0.1, 0.15) is 18.4 Å². The number of nitrogens with zero attached hydrogens (tertiary/aromatic N) is 2. The van der Waals surface area contributed by atoms with E-state index in [9.17, 15) is 8.42 Å². The zero-order valence-electron chi connectivity index (χ0n) is 12.5. The molecule has 1 heterocycles. The average Bonchev–Trinajstić information content (AvgIpc) is 3.26. The summed E-state index contributed by atoms with van der Waals surface area (Å²) in [6.07, 6.45) is 2.67. The van der Waals surface area contributed by atoms with Crippen LogP contribution in [0.25, 0.3) is 0 Å². The maximum absolute atomic E-state index is 12.8. The highest BCUT2D eigenvalue weighted by Gasteiger charge is 2.32. The largest absolute Gasteiger partial charge is 0.398 e. The maximum Gasteiger partial charge on any atom is 0.243 e. The molecule has 1 saturated carbocycles. The monoisotopic (exact) mass is 309 g/mol. The minimum atomic E-state index is -3.42. The first kappa shape index (κ1) is 14.8. The molecule has 0 radical (unpaired) electrons. The number of sulfonamides is 1. The Morgan fingerprint density at radius 3 is 2.48 bits per heavy atom. The minimum Gasteiger partial charge on any atom is -0.398 e. The molecule has 0 atom stereocenters. The highest BCUT2D eigenvalue weighted by molar-refractivity contribution is 7.89. The number of hydrogen-bond donors (Lipinski definition) is 1. The summed E-state index contributed by atoms with van der Waals surface area (Å²) in [7, 11) is -3.42. The second kappa shape index (κ2) is 5.59. The molecular formula is C15H23N3O2S. The number of hydrogen-bond acceptors (Lipinski definition) is 4. The Labute approximate surface area is 126 Å². The van der Waals surface area contributed by atoms with Crippen LogP contribution in [0.3, 0.4) is 0 Å². The van der Waals surface area contributed by atoms with Crippen molar-refractivity contribution < 1.29 is 8.42 Å². The van der Waals surface area contributed by atoms with Gasteiger partial charge in [-0.15, -0.1) is 0 Å². The Hall–Kier alpha value is -1.11. The Bertz CT molecular complexity index is 618. The molecule has 2 N–H and O–H groups in total. The van der Waals surface area contributed by atoms with Crippen molar-refractivity contribution >= 4 is 15.7 Å². The van der Waals surface area contributed by atoms with Crippen LogP contribution < -0.4 is 5.73 Å². The van der Waals surface area contributed by atoms with E-state index in [1.165, 1.54) is 12.8 Å². The highest BCUT2D eigenvalue weighted by Crippen LogP contribution is 2.30. The lowest BCUT2D eigenvalue weighted by Crippen LogP contribution is -2.49. The number of piperazine rings is 1. The van der Waals surface area contributed by atoms with Gasteiger partial charge < -0.3 is 10.6 Å². The van der Waals surface area contributed by atoms with Crippen molar-refractivity contribution in [2.75, 3.05) is 38.5 Å². The van der Waals surface area contributed by atoms with Crippen LogP contribution in [0.5, 0.6) is 0 Å². The van der Waals surface area contributed by atoms with E-state index in [1.807, 2.05) is 0 Å². The summed E-state index contributed by atoms with van der Waals surface area (Å²) < 4.78 is 27.1. The van der Waals surface area contributed by atoms with E-state index in [4.69, 9.17) is 5.73 Å². The van der Waals surface area contributed by atoms with E-state index in [0.717, 1.165) is 25.6 Å². The number of rotatable bonds is 4. The van der Waals surface area contributed by atoms with Gasteiger partial charge in [-0.25, -0.2) is 8.42 Å². The van der Waals surface area contributed by atoms with Crippen LogP contribution in [-0.4, -0.2) is 50.3 Å². The van der Waals surface area contributed by atoms with Crippen LogP contribution in [0.15, 0.2) is 23.1 Å². The van der Waals surface area contributed by atoms with Gasteiger partial charge in [0.1, 0.15) is 0 Å². The van der Waals surface area contributed by atoms with Crippen molar-refractivity contribution in [2.45, 2.75) is 24.7 Å². The standard InChI is InChI=1S/C15H23N3O2S/c1-12-14(16)3-2-4-15(12)21(19,20)18-9-7-17(8-10-18)11-13-5-6-13/h2-4,13H,5-11,16H2,1H3. The van der Waals surface area contributed by atoms with Crippen LogP contribution in [0.4, 0.5) is 5.69 Å². The molecule has 6 heteroatoms. The molecule has 1 aromatic rings. The van der Waals surface area contributed by atoms with Gasteiger partial charge in [-0.05, 0) is 43.4 Å². The lowest BCUT2D eigenvalue weighted by atomic mass is 10.2. The highest BCUT2D eigenvalue weighted by atomic mass is 32.2. The predicted octanol–water partition coefficient (Wildman–Crippen LogP) is 1.29. The van der Waals surface area contributed by atoms with E-state index < -0.39 is 10.0 Å². The molecule has 1 aromatic carbocycles. The zero-order chi connectivity index (χ0) is 15.0. The van der Waals surface area contributed by atoms with Gasteiger partial charge in [0, 0.05) is 38.4 Å². The molecule has 0 aromatic heterocycles. The van der Waals surface area contributed by atoms with Gasteiger partial charge in [0.15, 0.2) is 0 Å². The number of benzene rings is 1. The van der Waals surface area contributed by atoms with E-state index >= 15 is 0 Å². The number of anilines is 1. The van der Waals surface area contributed by atoms with E-state index in [0.29, 0.717) is 29.2 Å². The molecular weight excluding hydrogens is 286 g/mol. The summed E-state index contributed by atoms with van der Waals surface area (Å²) in [5.41, 5.74) is 7.02. The Morgan fingerprint density at radius 2 is 1.86 bits per heavy atom. The summed E-state index contributed by atoms with van der Waals surface area (Å²) in [6, 6.07) is 5.10. The predicted molar refractivity (Wildman–Crippen MR) is 83.5 cm³/mol. The zero-order valence-corrected chi connectivity index (χ0v) is 13.3. The third kappa shape index (κ3) is 3.07. The summed E-state index contributed by atoms with van der Waals surface area (Å²) in [5.74, 6) is 0.851. The number of nitrogens with two attached hydrogens (primary N) is 1. The summed E-state index contributed by atoms with van der Waals surface area (Å²) in [5, 5.41) is 0.